The van der Waals surface area contributed by atoms with Gasteiger partial charge in [0.2, 0.25) is 11.8 Å². The number of terminal acetylenes is 1. The standard InChI is InChI=1S/C31H30N2O5.C20H17NO2/c1-21-29(32-30(38-21)23-7-4-3-5-8-23)15-16-37-26-10-6-9-24(17-26)27-19-33(20-28(27)31(34)35)18-22-11-13-25(36-2)14-12-22;1-3-16-8-7-11-18(14-16)22-13-12-19-15(2)23-20(21-19)17-9-5-4-6-10-17/h3-14,17H,15-16,18-20H2,1-2H3,(H,34,35);1,4-11,14H,12-13H2,2H3. The topological polar surface area (TPSA) is 120 Å². The van der Waals surface area contributed by atoms with E-state index in [2.05, 4.69) is 20.8 Å². The molecule has 1 aliphatic heterocycles. The van der Waals surface area contributed by atoms with Crippen molar-refractivity contribution in [2.45, 2.75) is 33.2 Å². The number of methoxy groups -OCH3 is 1. The minimum absolute atomic E-state index is 0.386. The first-order chi connectivity index (χ1) is 29.8. The van der Waals surface area contributed by atoms with E-state index in [4.69, 9.17) is 29.5 Å². The number of ether oxygens (including phenoxy) is 3. The highest BCUT2D eigenvalue weighted by Gasteiger charge is 2.27. The van der Waals surface area contributed by atoms with Gasteiger partial charge >= 0.3 is 5.97 Å². The van der Waals surface area contributed by atoms with E-state index in [-0.39, 0.29) is 0 Å². The van der Waals surface area contributed by atoms with Crippen LogP contribution >= 0.6 is 0 Å². The number of hydrogen-bond acceptors (Lipinski definition) is 9. The van der Waals surface area contributed by atoms with Crippen LogP contribution in [0.3, 0.4) is 0 Å². The summed E-state index contributed by atoms with van der Waals surface area (Å²) in [5.41, 5.74) is 7.71. The molecule has 0 spiro atoms. The van der Waals surface area contributed by atoms with Crippen LogP contribution in [0.15, 0.2) is 148 Å². The average molecular weight is 814 g/mol. The van der Waals surface area contributed by atoms with Crippen molar-refractivity contribution in [1.29, 1.82) is 0 Å². The number of aryl methyl sites for hydroxylation is 2. The molecule has 0 atom stereocenters. The molecular formula is C51H47N3O7. The molecule has 0 fully saturated rings. The second kappa shape index (κ2) is 20.1. The fourth-order valence-corrected chi connectivity index (χ4v) is 6.97. The van der Waals surface area contributed by atoms with Crippen LogP contribution in [0.5, 0.6) is 17.2 Å². The maximum atomic E-state index is 12.1. The van der Waals surface area contributed by atoms with Crippen LogP contribution < -0.4 is 14.2 Å². The summed E-state index contributed by atoms with van der Waals surface area (Å²) in [7, 11) is 1.64. The minimum atomic E-state index is -0.890. The van der Waals surface area contributed by atoms with Gasteiger partial charge in [0.1, 0.15) is 28.8 Å². The van der Waals surface area contributed by atoms with E-state index in [9.17, 15) is 9.90 Å². The lowest BCUT2D eigenvalue weighted by Crippen LogP contribution is -2.22. The molecule has 0 aliphatic carbocycles. The normalized spacial score (nSPS) is 12.4. The van der Waals surface area contributed by atoms with Crippen molar-refractivity contribution in [3.05, 3.63) is 179 Å². The van der Waals surface area contributed by atoms with Gasteiger partial charge in [-0.1, -0.05) is 72.7 Å². The molecule has 7 aromatic rings. The molecule has 5 aromatic carbocycles. The van der Waals surface area contributed by atoms with Crippen molar-refractivity contribution in [3.8, 4) is 52.5 Å². The number of hydrogen-bond donors (Lipinski definition) is 1. The Morgan fingerprint density at radius 2 is 1.23 bits per heavy atom. The van der Waals surface area contributed by atoms with Crippen molar-refractivity contribution in [3.63, 3.8) is 0 Å². The molecule has 0 radical (unpaired) electrons. The molecule has 1 aliphatic rings. The van der Waals surface area contributed by atoms with E-state index in [1.54, 1.807) is 7.11 Å². The number of aliphatic carboxylic acids is 1. The Balaban J connectivity index is 0.000000208. The first-order valence-corrected chi connectivity index (χ1v) is 20.0. The molecule has 0 saturated heterocycles. The zero-order valence-electron chi connectivity index (χ0n) is 34.5. The van der Waals surface area contributed by atoms with Crippen molar-refractivity contribution in [2.75, 3.05) is 33.4 Å². The summed E-state index contributed by atoms with van der Waals surface area (Å²) in [6, 6.07) is 42.7. The molecule has 0 bridgehead atoms. The van der Waals surface area contributed by atoms with Crippen molar-refractivity contribution in [1.82, 2.24) is 14.9 Å². The molecular weight excluding hydrogens is 767 g/mol. The second-order valence-corrected chi connectivity index (χ2v) is 14.4. The number of aromatic nitrogens is 2. The van der Waals surface area contributed by atoms with Gasteiger partial charge in [0.15, 0.2) is 0 Å². The lowest BCUT2D eigenvalue weighted by molar-refractivity contribution is -0.132. The number of benzene rings is 5. The highest BCUT2D eigenvalue weighted by molar-refractivity contribution is 5.98. The third kappa shape index (κ3) is 11.0. The summed E-state index contributed by atoms with van der Waals surface area (Å²) in [5.74, 6) is 6.82. The van der Waals surface area contributed by atoms with Gasteiger partial charge in [-0.15, -0.1) is 6.42 Å². The third-order valence-corrected chi connectivity index (χ3v) is 10.2. The van der Waals surface area contributed by atoms with Crippen LogP contribution in [-0.4, -0.2) is 59.4 Å². The first-order valence-electron chi connectivity index (χ1n) is 20.0. The fraction of sp³-hybridized carbons (Fsp3) is 0.196. The minimum Gasteiger partial charge on any atom is -0.497 e. The predicted octanol–water partition coefficient (Wildman–Crippen LogP) is 9.89. The van der Waals surface area contributed by atoms with Gasteiger partial charge in [0.25, 0.3) is 0 Å². The summed E-state index contributed by atoms with van der Waals surface area (Å²) in [6.07, 6.45) is 6.67. The van der Waals surface area contributed by atoms with Gasteiger partial charge in [-0.05, 0) is 97.3 Å². The molecule has 0 saturated carbocycles. The Kier molecular flexibility index (Phi) is 13.8. The van der Waals surface area contributed by atoms with Gasteiger partial charge < -0.3 is 28.2 Å². The summed E-state index contributed by atoms with van der Waals surface area (Å²) in [4.78, 5) is 23.4. The van der Waals surface area contributed by atoms with Crippen LogP contribution in [0.25, 0.3) is 28.5 Å². The lowest BCUT2D eigenvalue weighted by atomic mass is 10.0. The Bertz CT molecular complexity index is 2620. The maximum Gasteiger partial charge on any atom is 0.333 e. The smallest absolute Gasteiger partial charge is 0.333 e. The van der Waals surface area contributed by atoms with E-state index in [0.29, 0.717) is 68.8 Å². The Morgan fingerprint density at radius 1 is 0.689 bits per heavy atom. The number of oxazole rings is 2. The fourth-order valence-electron chi connectivity index (χ4n) is 6.97. The van der Waals surface area contributed by atoms with Gasteiger partial charge in [-0.2, -0.15) is 0 Å². The molecule has 3 heterocycles. The zero-order valence-corrected chi connectivity index (χ0v) is 34.5. The molecule has 10 nitrogen and oxygen atoms in total. The monoisotopic (exact) mass is 813 g/mol. The van der Waals surface area contributed by atoms with Crippen molar-refractivity contribution < 1.29 is 32.9 Å². The summed E-state index contributed by atoms with van der Waals surface area (Å²) in [5, 5.41) is 9.90. The van der Waals surface area contributed by atoms with Gasteiger partial charge in [-0.25, -0.2) is 14.8 Å². The number of carboxylic acid groups (broad SMARTS) is 1. The molecule has 0 unspecified atom stereocenters. The van der Waals surface area contributed by atoms with Crippen molar-refractivity contribution >= 4 is 11.5 Å². The van der Waals surface area contributed by atoms with Crippen LogP contribution in [-0.2, 0) is 24.2 Å². The molecule has 61 heavy (non-hydrogen) atoms. The Morgan fingerprint density at radius 3 is 1.77 bits per heavy atom. The molecule has 10 heteroatoms. The molecule has 2 aromatic heterocycles. The summed E-state index contributed by atoms with van der Waals surface area (Å²) in [6.45, 7) is 6.38. The second-order valence-electron chi connectivity index (χ2n) is 14.4. The number of carboxylic acids is 1. The van der Waals surface area contributed by atoms with Crippen molar-refractivity contribution in [2.24, 2.45) is 0 Å². The third-order valence-electron chi connectivity index (χ3n) is 10.2. The van der Waals surface area contributed by atoms with Crippen LogP contribution in [0.2, 0.25) is 0 Å². The Labute approximate surface area is 356 Å². The highest BCUT2D eigenvalue weighted by Crippen LogP contribution is 2.31. The molecule has 8 rings (SSSR count). The number of rotatable bonds is 15. The molecule has 0 amide bonds. The number of nitrogens with zero attached hydrogens (tertiary/aromatic N) is 3. The van der Waals surface area contributed by atoms with Crippen LogP contribution in [0.4, 0.5) is 0 Å². The van der Waals surface area contributed by atoms with Crippen LogP contribution in [0.1, 0.15) is 39.6 Å². The quantitative estimate of drug-likeness (QED) is 0.100. The van der Waals surface area contributed by atoms with E-state index >= 15 is 0 Å². The van der Waals surface area contributed by atoms with Gasteiger partial charge in [0, 0.05) is 49.2 Å². The van der Waals surface area contributed by atoms with E-state index in [1.807, 2.05) is 147 Å². The molecule has 1 N–H and O–H groups in total. The highest BCUT2D eigenvalue weighted by atomic mass is 16.5. The van der Waals surface area contributed by atoms with E-state index < -0.39 is 5.97 Å². The largest absolute Gasteiger partial charge is 0.497 e. The zero-order chi connectivity index (χ0) is 42.6. The van der Waals surface area contributed by atoms with E-state index in [0.717, 1.165) is 67.8 Å². The predicted molar refractivity (Wildman–Crippen MR) is 235 cm³/mol. The van der Waals surface area contributed by atoms with E-state index in [1.165, 1.54) is 0 Å². The molecule has 308 valence electrons. The average Bonchev–Trinajstić information content (AvgIpc) is 4.01. The first kappa shape index (κ1) is 41.8. The Hall–Kier alpha value is -7.35. The number of carbonyl (C=O) groups is 1. The van der Waals surface area contributed by atoms with Gasteiger partial charge in [0.05, 0.1) is 37.3 Å². The van der Waals surface area contributed by atoms with Gasteiger partial charge in [-0.3, -0.25) is 4.90 Å². The summed E-state index contributed by atoms with van der Waals surface area (Å²) >= 11 is 0. The lowest BCUT2D eigenvalue weighted by Gasteiger charge is -2.16. The SMILES string of the molecule is C#Cc1cccc(OCCc2nc(-c3ccccc3)oc2C)c1.COc1ccc(CN2CC(C(=O)O)=C(c3cccc(OCCc4nc(-c5ccccc5)oc4C)c3)C2)cc1. The summed E-state index contributed by atoms with van der Waals surface area (Å²) < 4.78 is 28.6. The maximum absolute atomic E-state index is 12.1. The van der Waals surface area contributed by atoms with Crippen LogP contribution in [0, 0.1) is 26.2 Å².